The van der Waals surface area contributed by atoms with Gasteiger partial charge in [-0.25, -0.2) is 9.78 Å². The van der Waals surface area contributed by atoms with Crippen molar-refractivity contribution in [1.82, 2.24) is 4.98 Å². The molecule has 1 amide bonds. The van der Waals surface area contributed by atoms with Gasteiger partial charge in [0, 0.05) is 28.7 Å². The van der Waals surface area contributed by atoms with Gasteiger partial charge in [0.05, 0.1) is 29.5 Å². The summed E-state index contributed by atoms with van der Waals surface area (Å²) >= 11 is 13.9. The SMILES string of the molecule is CO/C(=C/c1c(Cl)cc(C(=O)Nc2nc(-c3cccc(COCC4CCCC4)c3C)cs2)cc1Cl)C(=O)O. The molecule has 0 unspecified atom stereocenters. The minimum Gasteiger partial charge on any atom is -0.490 e. The van der Waals surface area contributed by atoms with Gasteiger partial charge in [-0.05, 0) is 55.0 Å². The van der Waals surface area contributed by atoms with Crippen LogP contribution in [0.1, 0.15) is 52.7 Å². The van der Waals surface area contributed by atoms with Gasteiger partial charge in [0.2, 0.25) is 5.76 Å². The number of rotatable bonds is 10. The van der Waals surface area contributed by atoms with Gasteiger partial charge in [0.15, 0.2) is 5.13 Å². The van der Waals surface area contributed by atoms with E-state index >= 15 is 0 Å². The van der Waals surface area contributed by atoms with Crippen molar-refractivity contribution < 1.29 is 24.2 Å². The fraction of sp³-hybridized carbons (Fsp3) is 0.321. The van der Waals surface area contributed by atoms with Gasteiger partial charge >= 0.3 is 5.97 Å². The number of methoxy groups -OCH3 is 1. The molecule has 0 atom stereocenters. The number of carbonyl (C=O) groups is 2. The second-order valence-electron chi connectivity index (χ2n) is 9.12. The number of aliphatic carboxylic acids is 1. The van der Waals surface area contributed by atoms with E-state index in [1.807, 2.05) is 17.5 Å². The highest BCUT2D eigenvalue weighted by atomic mass is 35.5. The Morgan fingerprint density at radius 2 is 1.92 bits per heavy atom. The Morgan fingerprint density at radius 1 is 1.21 bits per heavy atom. The number of carboxylic acids is 1. The van der Waals surface area contributed by atoms with Gasteiger partial charge in [0.25, 0.3) is 5.91 Å². The first kappa shape index (κ1) is 28.1. The summed E-state index contributed by atoms with van der Waals surface area (Å²) in [6, 6.07) is 8.90. The first-order valence-corrected chi connectivity index (χ1v) is 13.8. The predicted molar refractivity (Wildman–Crippen MR) is 151 cm³/mol. The topological polar surface area (TPSA) is 97.8 Å². The Morgan fingerprint density at radius 3 is 2.58 bits per heavy atom. The number of carbonyl (C=O) groups excluding carboxylic acids is 1. The van der Waals surface area contributed by atoms with E-state index in [1.54, 1.807) is 0 Å². The molecule has 1 aliphatic rings. The van der Waals surface area contributed by atoms with E-state index in [2.05, 4.69) is 23.3 Å². The van der Waals surface area contributed by atoms with Crippen LogP contribution in [0.5, 0.6) is 0 Å². The third kappa shape index (κ3) is 6.74. The van der Waals surface area contributed by atoms with Gasteiger partial charge in [-0.3, -0.25) is 10.1 Å². The number of aromatic nitrogens is 1. The fourth-order valence-corrected chi connectivity index (χ4v) is 5.75. The number of carboxylic acid groups (broad SMARTS) is 1. The molecule has 1 saturated carbocycles. The van der Waals surface area contributed by atoms with Crippen LogP contribution in [0.25, 0.3) is 17.3 Å². The lowest BCUT2D eigenvalue weighted by atomic mass is 10.0. The van der Waals surface area contributed by atoms with E-state index in [-0.39, 0.29) is 26.9 Å². The summed E-state index contributed by atoms with van der Waals surface area (Å²) < 4.78 is 10.8. The predicted octanol–water partition coefficient (Wildman–Crippen LogP) is 7.46. The highest BCUT2D eigenvalue weighted by Crippen LogP contribution is 2.32. The Labute approximate surface area is 235 Å². The standard InChI is InChI=1S/C28H28Cl2N2O5S/c1-16-18(14-37-13-17-6-3-4-7-17)8-5-9-20(16)24-15-38-28(31-24)32-26(33)19-10-22(29)21(23(30)11-19)12-25(36-2)27(34)35/h5,8-12,15,17H,3-4,6-7,13-14H2,1-2H3,(H,34,35)(H,31,32,33)/b25-12+. The molecule has 3 aromatic rings. The third-order valence-electron chi connectivity index (χ3n) is 6.58. The van der Waals surface area contributed by atoms with E-state index in [4.69, 9.17) is 37.8 Å². The summed E-state index contributed by atoms with van der Waals surface area (Å²) in [5.41, 5.74) is 4.42. The Balaban J connectivity index is 1.45. The Hall–Kier alpha value is -2.91. The van der Waals surface area contributed by atoms with Gasteiger partial charge < -0.3 is 14.6 Å². The van der Waals surface area contributed by atoms with Crippen molar-refractivity contribution in [2.24, 2.45) is 5.92 Å². The maximum atomic E-state index is 12.9. The maximum Gasteiger partial charge on any atom is 0.371 e. The number of hydrogen-bond acceptors (Lipinski definition) is 6. The molecule has 0 spiro atoms. The van der Waals surface area contributed by atoms with Crippen molar-refractivity contribution >= 4 is 57.6 Å². The zero-order valence-corrected chi connectivity index (χ0v) is 23.4. The lowest BCUT2D eigenvalue weighted by molar-refractivity contribution is -0.135. The first-order chi connectivity index (χ1) is 18.3. The van der Waals surface area contributed by atoms with Crippen LogP contribution in [-0.2, 0) is 20.9 Å². The molecule has 7 nitrogen and oxygen atoms in total. The average molecular weight is 576 g/mol. The van der Waals surface area contributed by atoms with E-state index in [0.29, 0.717) is 17.7 Å². The number of thiazole rings is 1. The van der Waals surface area contributed by atoms with E-state index < -0.39 is 11.9 Å². The molecule has 0 saturated heterocycles. The molecule has 2 aromatic carbocycles. The number of hydrogen-bond donors (Lipinski definition) is 2. The van der Waals surface area contributed by atoms with Crippen molar-refractivity contribution in [2.45, 2.75) is 39.2 Å². The molecule has 38 heavy (non-hydrogen) atoms. The monoisotopic (exact) mass is 574 g/mol. The normalized spacial score (nSPS) is 14.1. The highest BCUT2D eigenvalue weighted by molar-refractivity contribution is 7.14. The smallest absolute Gasteiger partial charge is 0.371 e. The molecule has 4 rings (SSSR count). The maximum absolute atomic E-state index is 12.9. The zero-order chi connectivity index (χ0) is 27.2. The summed E-state index contributed by atoms with van der Waals surface area (Å²) in [5, 5.41) is 14.5. The summed E-state index contributed by atoms with van der Waals surface area (Å²) in [6.45, 7) is 3.42. The molecule has 1 heterocycles. The second kappa shape index (κ2) is 12.8. The molecule has 2 N–H and O–H groups in total. The van der Waals surface area contributed by atoms with Crippen molar-refractivity contribution in [2.75, 3.05) is 19.0 Å². The number of ether oxygens (including phenoxy) is 2. The number of anilines is 1. The molecule has 0 radical (unpaired) electrons. The summed E-state index contributed by atoms with van der Waals surface area (Å²) in [4.78, 5) is 28.7. The summed E-state index contributed by atoms with van der Waals surface area (Å²) in [5.74, 6) is -1.37. The van der Waals surface area contributed by atoms with Crippen molar-refractivity contribution in [3.63, 3.8) is 0 Å². The molecule has 1 aliphatic carbocycles. The van der Waals surface area contributed by atoms with Crippen LogP contribution in [0, 0.1) is 12.8 Å². The zero-order valence-electron chi connectivity index (χ0n) is 21.1. The molecular weight excluding hydrogens is 547 g/mol. The fourth-order valence-electron chi connectivity index (χ4n) is 4.45. The van der Waals surface area contributed by atoms with Crippen LogP contribution in [0.2, 0.25) is 10.0 Å². The lowest BCUT2D eigenvalue weighted by Crippen LogP contribution is -2.12. The summed E-state index contributed by atoms with van der Waals surface area (Å²) in [7, 11) is 1.23. The molecule has 1 fully saturated rings. The molecule has 0 aliphatic heterocycles. The Kier molecular flexibility index (Phi) is 9.44. The number of benzene rings is 2. The molecule has 10 heteroatoms. The van der Waals surface area contributed by atoms with E-state index in [9.17, 15) is 9.59 Å². The van der Waals surface area contributed by atoms with Gasteiger partial charge in [0.1, 0.15) is 0 Å². The van der Waals surface area contributed by atoms with Crippen molar-refractivity contribution in [3.8, 4) is 11.3 Å². The van der Waals surface area contributed by atoms with Gasteiger partial charge in [-0.15, -0.1) is 11.3 Å². The number of amides is 1. The highest BCUT2D eigenvalue weighted by Gasteiger charge is 2.18. The van der Waals surface area contributed by atoms with E-state index in [1.165, 1.54) is 62.3 Å². The van der Waals surface area contributed by atoms with Gasteiger partial charge in [-0.2, -0.15) is 0 Å². The van der Waals surface area contributed by atoms with Gasteiger partial charge in [-0.1, -0.05) is 54.2 Å². The molecule has 200 valence electrons. The van der Waals surface area contributed by atoms with Crippen LogP contribution in [-0.4, -0.2) is 35.7 Å². The van der Waals surface area contributed by atoms with Crippen LogP contribution in [0.4, 0.5) is 5.13 Å². The number of halogens is 2. The minimum absolute atomic E-state index is 0.112. The molecular formula is C28H28Cl2N2O5S. The quantitative estimate of drug-likeness (QED) is 0.192. The number of nitrogens with one attached hydrogen (secondary N) is 1. The first-order valence-electron chi connectivity index (χ1n) is 12.2. The average Bonchev–Trinajstić information content (AvgIpc) is 3.57. The lowest BCUT2D eigenvalue weighted by Gasteiger charge is -2.13. The van der Waals surface area contributed by atoms with Crippen molar-refractivity contribution in [1.29, 1.82) is 0 Å². The molecule has 1 aromatic heterocycles. The molecule has 0 bridgehead atoms. The minimum atomic E-state index is -1.27. The van der Waals surface area contributed by atoms with Crippen molar-refractivity contribution in [3.05, 3.63) is 73.8 Å². The second-order valence-corrected chi connectivity index (χ2v) is 10.8. The number of nitrogens with zero attached hydrogens (tertiary/aromatic N) is 1. The summed E-state index contributed by atoms with van der Waals surface area (Å²) in [6.07, 6.45) is 6.32. The largest absolute Gasteiger partial charge is 0.490 e. The van der Waals surface area contributed by atoms with Crippen LogP contribution >= 0.6 is 34.5 Å². The Bertz CT molecular complexity index is 1340. The third-order valence-corrected chi connectivity index (χ3v) is 7.96. The van der Waals surface area contributed by atoms with Crippen LogP contribution in [0.15, 0.2) is 41.5 Å². The van der Waals surface area contributed by atoms with Crippen LogP contribution in [0.3, 0.4) is 0 Å². The van der Waals surface area contributed by atoms with E-state index in [0.717, 1.165) is 29.0 Å². The van der Waals surface area contributed by atoms with Crippen LogP contribution < -0.4 is 5.32 Å².